The van der Waals surface area contributed by atoms with Crippen LogP contribution in [0.1, 0.15) is 37.1 Å². The minimum Gasteiger partial charge on any atom is -0.338 e. The van der Waals surface area contributed by atoms with Gasteiger partial charge in [0, 0.05) is 31.6 Å². The Morgan fingerprint density at radius 2 is 2.16 bits per heavy atom. The standard InChI is InChI=1S/C19H26N4OS/c24-19(22-14-10-13-23-12-4-3-7-16(14)23)20-11-5-9-18-21-15-6-1-2-8-17(15)25-18/h1-2,6,8,14,16H,3-5,7,9-13H2,(H2,20,22,24)/t14-,16+/m0/s1. The molecular formula is C19H26N4OS. The highest BCUT2D eigenvalue weighted by atomic mass is 32.1. The predicted octanol–water partition coefficient (Wildman–Crippen LogP) is 3.15. The normalized spacial score (nSPS) is 23.5. The number of carbonyl (C=O) groups is 1. The Labute approximate surface area is 152 Å². The lowest BCUT2D eigenvalue weighted by atomic mass is 9.99. The van der Waals surface area contributed by atoms with Gasteiger partial charge in [-0.25, -0.2) is 9.78 Å². The summed E-state index contributed by atoms with van der Waals surface area (Å²) < 4.78 is 1.24. The van der Waals surface area contributed by atoms with E-state index < -0.39 is 0 Å². The van der Waals surface area contributed by atoms with E-state index >= 15 is 0 Å². The number of benzene rings is 1. The van der Waals surface area contributed by atoms with E-state index in [9.17, 15) is 4.79 Å². The molecule has 0 saturated carbocycles. The number of nitrogens with one attached hydrogen (secondary N) is 2. The topological polar surface area (TPSA) is 57.3 Å². The number of carbonyl (C=O) groups excluding carboxylic acids is 1. The lowest BCUT2D eigenvalue weighted by Gasteiger charge is -2.32. The molecule has 6 heteroatoms. The van der Waals surface area contributed by atoms with Gasteiger partial charge >= 0.3 is 6.03 Å². The van der Waals surface area contributed by atoms with E-state index in [1.54, 1.807) is 11.3 Å². The third-order valence-electron chi connectivity index (χ3n) is 5.36. The molecule has 2 N–H and O–H groups in total. The number of aromatic nitrogens is 1. The highest BCUT2D eigenvalue weighted by molar-refractivity contribution is 7.18. The van der Waals surface area contributed by atoms with Crippen molar-refractivity contribution in [2.75, 3.05) is 19.6 Å². The van der Waals surface area contributed by atoms with E-state index in [0.29, 0.717) is 18.6 Å². The zero-order chi connectivity index (χ0) is 17.1. The van der Waals surface area contributed by atoms with Crippen LogP contribution in [0.4, 0.5) is 4.79 Å². The number of hydrogen-bond donors (Lipinski definition) is 2. The smallest absolute Gasteiger partial charge is 0.315 e. The largest absolute Gasteiger partial charge is 0.338 e. The Balaban J connectivity index is 1.19. The molecule has 0 spiro atoms. The molecule has 1 aromatic heterocycles. The number of fused-ring (bicyclic) bond motifs is 2. The van der Waals surface area contributed by atoms with Gasteiger partial charge in [-0.15, -0.1) is 11.3 Å². The second kappa shape index (κ2) is 7.70. The van der Waals surface area contributed by atoms with Crippen molar-refractivity contribution < 1.29 is 4.79 Å². The zero-order valence-corrected chi connectivity index (χ0v) is 15.4. The Bertz CT molecular complexity index is 698. The molecular weight excluding hydrogens is 332 g/mol. The molecule has 3 heterocycles. The number of rotatable bonds is 5. The van der Waals surface area contributed by atoms with Gasteiger partial charge in [-0.1, -0.05) is 18.6 Å². The van der Waals surface area contributed by atoms with E-state index in [-0.39, 0.29) is 6.03 Å². The molecule has 5 nitrogen and oxygen atoms in total. The van der Waals surface area contributed by atoms with Crippen molar-refractivity contribution in [3.63, 3.8) is 0 Å². The van der Waals surface area contributed by atoms with Crippen LogP contribution < -0.4 is 10.6 Å². The monoisotopic (exact) mass is 358 g/mol. The quantitative estimate of drug-likeness (QED) is 0.807. The van der Waals surface area contributed by atoms with E-state index in [0.717, 1.165) is 36.3 Å². The number of urea groups is 1. The second-order valence-electron chi connectivity index (χ2n) is 7.07. The Morgan fingerprint density at radius 1 is 1.24 bits per heavy atom. The van der Waals surface area contributed by atoms with Gasteiger partial charge in [0.25, 0.3) is 0 Å². The number of amides is 2. The number of hydrogen-bond acceptors (Lipinski definition) is 4. The third kappa shape index (κ3) is 3.96. The van der Waals surface area contributed by atoms with Crippen molar-refractivity contribution >= 4 is 27.6 Å². The maximum Gasteiger partial charge on any atom is 0.315 e. The molecule has 25 heavy (non-hydrogen) atoms. The van der Waals surface area contributed by atoms with Crippen LogP contribution in [0.5, 0.6) is 0 Å². The van der Waals surface area contributed by atoms with Crippen molar-refractivity contribution in [2.45, 2.75) is 50.6 Å². The first-order chi connectivity index (χ1) is 12.3. The average molecular weight is 359 g/mol. The van der Waals surface area contributed by atoms with Crippen LogP contribution in [0.15, 0.2) is 24.3 Å². The Kier molecular flexibility index (Phi) is 5.17. The molecule has 0 unspecified atom stereocenters. The molecule has 2 amide bonds. The number of aryl methyl sites for hydroxylation is 1. The number of piperidine rings is 1. The summed E-state index contributed by atoms with van der Waals surface area (Å²) in [4.78, 5) is 19.4. The van der Waals surface area contributed by atoms with E-state index in [4.69, 9.17) is 0 Å². The van der Waals surface area contributed by atoms with Crippen molar-refractivity contribution in [1.82, 2.24) is 20.5 Å². The maximum absolute atomic E-state index is 12.2. The summed E-state index contributed by atoms with van der Waals surface area (Å²) in [6.45, 7) is 3.03. The summed E-state index contributed by atoms with van der Waals surface area (Å²) in [5.41, 5.74) is 1.08. The van der Waals surface area contributed by atoms with Gasteiger partial charge in [-0.05, 0) is 44.4 Å². The third-order valence-corrected chi connectivity index (χ3v) is 6.46. The van der Waals surface area contributed by atoms with Gasteiger partial charge in [0.1, 0.15) is 0 Å². The Hall–Kier alpha value is -1.66. The van der Waals surface area contributed by atoms with Crippen molar-refractivity contribution in [3.05, 3.63) is 29.3 Å². The minimum absolute atomic E-state index is 0.0123. The van der Waals surface area contributed by atoms with Gasteiger partial charge in [-0.2, -0.15) is 0 Å². The van der Waals surface area contributed by atoms with Crippen LogP contribution in [0.25, 0.3) is 10.2 Å². The fourth-order valence-corrected chi connectivity index (χ4v) is 5.11. The van der Waals surface area contributed by atoms with E-state index in [2.05, 4.69) is 32.7 Å². The molecule has 2 atom stereocenters. The van der Waals surface area contributed by atoms with Crippen molar-refractivity contribution in [1.29, 1.82) is 0 Å². The average Bonchev–Trinajstić information content (AvgIpc) is 3.23. The lowest BCUT2D eigenvalue weighted by Crippen LogP contribution is -2.49. The number of para-hydroxylation sites is 1. The van der Waals surface area contributed by atoms with Gasteiger partial charge < -0.3 is 10.6 Å². The van der Waals surface area contributed by atoms with Crippen LogP contribution in [0, 0.1) is 0 Å². The summed E-state index contributed by atoms with van der Waals surface area (Å²) >= 11 is 1.75. The molecule has 0 radical (unpaired) electrons. The molecule has 134 valence electrons. The molecule has 2 fully saturated rings. The van der Waals surface area contributed by atoms with Crippen LogP contribution >= 0.6 is 11.3 Å². The maximum atomic E-state index is 12.2. The van der Waals surface area contributed by atoms with Gasteiger partial charge in [0.15, 0.2) is 0 Å². The highest BCUT2D eigenvalue weighted by Crippen LogP contribution is 2.27. The van der Waals surface area contributed by atoms with Crippen molar-refractivity contribution in [3.8, 4) is 0 Å². The van der Waals surface area contributed by atoms with E-state index in [1.807, 2.05) is 12.1 Å². The first-order valence-corrected chi connectivity index (χ1v) is 10.2. The molecule has 1 aromatic carbocycles. The molecule has 2 aromatic rings. The summed E-state index contributed by atoms with van der Waals surface area (Å²) in [7, 11) is 0. The highest BCUT2D eigenvalue weighted by Gasteiger charge is 2.36. The van der Waals surface area contributed by atoms with Gasteiger partial charge in [-0.3, -0.25) is 4.90 Å². The lowest BCUT2D eigenvalue weighted by molar-refractivity contribution is 0.179. The van der Waals surface area contributed by atoms with Crippen molar-refractivity contribution in [2.24, 2.45) is 0 Å². The molecule has 2 aliphatic rings. The fraction of sp³-hybridized carbons (Fsp3) is 0.579. The van der Waals surface area contributed by atoms with Crippen LogP contribution in [0.3, 0.4) is 0 Å². The molecule has 0 aliphatic carbocycles. The molecule has 2 aliphatic heterocycles. The van der Waals surface area contributed by atoms with Crippen LogP contribution in [0.2, 0.25) is 0 Å². The summed E-state index contributed by atoms with van der Waals surface area (Å²) in [5, 5.41) is 7.36. The zero-order valence-electron chi connectivity index (χ0n) is 14.5. The fourth-order valence-electron chi connectivity index (χ4n) is 4.10. The predicted molar refractivity (Wildman–Crippen MR) is 102 cm³/mol. The molecule has 2 saturated heterocycles. The van der Waals surface area contributed by atoms with E-state index in [1.165, 1.54) is 30.5 Å². The molecule has 0 bridgehead atoms. The van der Waals surface area contributed by atoms with Gasteiger partial charge in [0.05, 0.1) is 15.2 Å². The van der Waals surface area contributed by atoms with Crippen LogP contribution in [-0.2, 0) is 6.42 Å². The molecule has 4 rings (SSSR count). The first kappa shape index (κ1) is 16.8. The summed E-state index contributed by atoms with van der Waals surface area (Å²) in [6.07, 6.45) is 6.75. The number of thiazole rings is 1. The Morgan fingerprint density at radius 3 is 3.08 bits per heavy atom. The first-order valence-electron chi connectivity index (χ1n) is 9.42. The second-order valence-corrected chi connectivity index (χ2v) is 8.19. The number of nitrogens with zero attached hydrogens (tertiary/aromatic N) is 2. The van der Waals surface area contributed by atoms with Crippen LogP contribution in [-0.4, -0.2) is 47.6 Å². The SMILES string of the molecule is O=C(NCCCc1nc2ccccc2s1)N[C@H]1CCN2CCCC[C@H]12. The summed E-state index contributed by atoms with van der Waals surface area (Å²) in [5.74, 6) is 0. The summed E-state index contributed by atoms with van der Waals surface area (Å²) in [6, 6.07) is 9.10. The minimum atomic E-state index is -0.0123. The van der Waals surface area contributed by atoms with Gasteiger partial charge in [0.2, 0.25) is 0 Å².